The minimum Gasteiger partial charge on any atom is -0.468 e. The Morgan fingerprint density at radius 1 is 0.905 bits per heavy atom. The van der Waals surface area contributed by atoms with Crippen LogP contribution in [-0.4, -0.2) is 25.5 Å². The molecule has 1 atom stereocenters. The lowest BCUT2D eigenvalue weighted by Gasteiger charge is -2.10. The topological polar surface area (TPSA) is 55.4 Å². The zero-order chi connectivity index (χ0) is 15.9. The van der Waals surface area contributed by atoms with E-state index in [4.69, 9.17) is 0 Å². The molecule has 0 aromatic rings. The quantitative estimate of drug-likeness (QED) is 0.319. The standard InChI is InChI=1S/C17H33NO3/c1-4-5-6-7-8-9-10-11-12-13-14-18-16(19)15(2)17(20)21-3/h15H,4-14H2,1-3H3,(H,18,19). The van der Waals surface area contributed by atoms with E-state index in [0.717, 1.165) is 12.8 Å². The summed E-state index contributed by atoms with van der Waals surface area (Å²) in [6, 6.07) is 0. The van der Waals surface area contributed by atoms with Gasteiger partial charge in [0.1, 0.15) is 5.92 Å². The van der Waals surface area contributed by atoms with Crippen LogP contribution in [0.25, 0.3) is 0 Å². The van der Waals surface area contributed by atoms with Crippen molar-refractivity contribution in [3.63, 3.8) is 0 Å². The van der Waals surface area contributed by atoms with Crippen LogP contribution in [0.5, 0.6) is 0 Å². The SMILES string of the molecule is CCCCCCCCCCCCNC(=O)C(C)C(=O)OC. The summed E-state index contributed by atoms with van der Waals surface area (Å²) in [6.45, 7) is 4.46. The minimum atomic E-state index is -0.710. The number of rotatable bonds is 13. The van der Waals surface area contributed by atoms with Crippen molar-refractivity contribution >= 4 is 11.9 Å². The van der Waals surface area contributed by atoms with Crippen molar-refractivity contribution in [2.45, 2.75) is 78.1 Å². The van der Waals surface area contributed by atoms with Crippen molar-refractivity contribution in [1.29, 1.82) is 0 Å². The first kappa shape index (κ1) is 19.9. The van der Waals surface area contributed by atoms with Gasteiger partial charge in [0, 0.05) is 6.54 Å². The van der Waals surface area contributed by atoms with Crippen LogP contribution in [0.4, 0.5) is 0 Å². The highest BCUT2D eigenvalue weighted by molar-refractivity contribution is 5.97. The fraction of sp³-hybridized carbons (Fsp3) is 0.882. The summed E-state index contributed by atoms with van der Waals surface area (Å²) >= 11 is 0. The number of ether oxygens (including phenoxy) is 1. The number of carbonyl (C=O) groups is 2. The lowest BCUT2D eigenvalue weighted by Crippen LogP contribution is -2.34. The van der Waals surface area contributed by atoms with Crippen molar-refractivity contribution in [2.24, 2.45) is 5.92 Å². The number of hydrogen-bond donors (Lipinski definition) is 1. The number of hydrogen-bond acceptors (Lipinski definition) is 3. The molecule has 124 valence electrons. The Bertz CT molecular complexity index is 279. The molecule has 0 spiro atoms. The van der Waals surface area contributed by atoms with Crippen molar-refractivity contribution in [2.75, 3.05) is 13.7 Å². The Labute approximate surface area is 130 Å². The molecule has 21 heavy (non-hydrogen) atoms. The normalized spacial score (nSPS) is 12.0. The monoisotopic (exact) mass is 299 g/mol. The molecule has 0 aromatic carbocycles. The van der Waals surface area contributed by atoms with Gasteiger partial charge in [0.2, 0.25) is 5.91 Å². The lowest BCUT2D eigenvalue weighted by atomic mass is 10.1. The summed E-state index contributed by atoms with van der Waals surface area (Å²) in [5.41, 5.74) is 0. The third-order valence-corrected chi connectivity index (χ3v) is 3.78. The van der Waals surface area contributed by atoms with Crippen molar-refractivity contribution in [3.05, 3.63) is 0 Å². The van der Waals surface area contributed by atoms with Crippen LogP contribution in [0.1, 0.15) is 78.1 Å². The zero-order valence-corrected chi connectivity index (χ0v) is 14.1. The van der Waals surface area contributed by atoms with Gasteiger partial charge in [0.15, 0.2) is 0 Å². The van der Waals surface area contributed by atoms with Crippen LogP contribution in [0.15, 0.2) is 0 Å². The maximum Gasteiger partial charge on any atom is 0.317 e. The molecule has 0 aliphatic heterocycles. The van der Waals surface area contributed by atoms with Crippen LogP contribution in [0.3, 0.4) is 0 Å². The lowest BCUT2D eigenvalue weighted by molar-refractivity contribution is -0.149. The van der Waals surface area contributed by atoms with Gasteiger partial charge >= 0.3 is 5.97 Å². The van der Waals surface area contributed by atoms with E-state index in [0.29, 0.717) is 6.54 Å². The second-order valence-electron chi connectivity index (χ2n) is 5.72. The summed E-state index contributed by atoms with van der Waals surface area (Å²) in [7, 11) is 1.30. The zero-order valence-electron chi connectivity index (χ0n) is 14.1. The number of methoxy groups -OCH3 is 1. The molecule has 1 amide bonds. The number of carbonyl (C=O) groups excluding carboxylic acids is 2. The maximum absolute atomic E-state index is 11.6. The predicted molar refractivity (Wildman–Crippen MR) is 86.0 cm³/mol. The largest absolute Gasteiger partial charge is 0.468 e. The molecule has 1 unspecified atom stereocenters. The van der Waals surface area contributed by atoms with Crippen molar-refractivity contribution < 1.29 is 14.3 Å². The number of unbranched alkanes of at least 4 members (excludes halogenated alkanes) is 9. The van der Waals surface area contributed by atoms with Gasteiger partial charge in [0.05, 0.1) is 7.11 Å². The van der Waals surface area contributed by atoms with Gasteiger partial charge in [-0.3, -0.25) is 9.59 Å². The Morgan fingerprint density at radius 3 is 1.86 bits per heavy atom. The average Bonchev–Trinajstić information content (AvgIpc) is 2.50. The molecular formula is C17H33NO3. The first-order chi connectivity index (χ1) is 10.1. The van der Waals surface area contributed by atoms with Crippen LogP contribution in [0.2, 0.25) is 0 Å². The summed E-state index contributed by atoms with van der Waals surface area (Å²) < 4.78 is 4.54. The molecule has 0 fully saturated rings. The molecule has 0 saturated carbocycles. The fourth-order valence-electron chi connectivity index (χ4n) is 2.26. The number of esters is 1. The summed E-state index contributed by atoms with van der Waals surface area (Å²) in [5, 5.41) is 2.78. The van der Waals surface area contributed by atoms with E-state index in [1.807, 2.05) is 0 Å². The van der Waals surface area contributed by atoms with Crippen LogP contribution >= 0.6 is 0 Å². The summed E-state index contributed by atoms with van der Waals surface area (Å²) in [6.07, 6.45) is 12.7. The Kier molecular flexibility index (Phi) is 13.2. The molecule has 4 nitrogen and oxygen atoms in total. The molecule has 4 heteroatoms. The predicted octanol–water partition coefficient (Wildman–Crippen LogP) is 3.83. The van der Waals surface area contributed by atoms with Gasteiger partial charge in [-0.2, -0.15) is 0 Å². The summed E-state index contributed by atoms with van der Waals surface area (Å²) in [4.78, 5) is 22.8. The average molecular weight is 299 g/mol. The van der Waals surface area contributed by atoms with Crippen LogP contribution in [0, 0.1) is 5.92 Å². The summed E-state index contributed by atoms with van der Waals surface area (Å²) in [5.74, 6) is -1.42. The highest BCUT2D eigenvalue weighted by atomic mass is 16.5. The Hall–Kier alpha value is -1.06. The number of nitrogens with one attached hydrogen (secondary N) is 1. The molecule has 1 N–H and O–H groups in total. The van der Waals surface area contributed by atoms with Crippen LogP contribution in [-0.2, 0) is 14.3 Å². The highest BCUT2D eigenvalue weighted by Crippen LogP contribution is 2.10. The van der Waals surface area contributed by atoms with E-state index in [-0.39, 0.29) is 5.91 Å². The molecule has 0 aliphatic rings. The van der Waals surface area contributed by atoms with E-state index >= 15 is 0 Å². The molecule has 0 saturated heterocycles. The van der Waals surface area contributed by atoms with Gasteiger partial charge < -0.3 is 10.1 Å². The molecule has 0 rings (SSSR count). The van der Waals surface area contributed by atoms with Crippen molar-refractivity contribution in [1.82, 2.24) is 5.32 Å². The van der Waals surface area contributed by atoms with E-state index in [1.165, 1.54) is 58.5 Å². The second-order valence-corrected chi connectivity index (χ2v) is 5.72. The maximum atomic E-state index is 11.6. The smallest absolute Gasteiger partial charge is 0.317 e. The van der Waals surface area contributed by atoms with E-state index in [1.54, 1.807) is 6.92 Å². The third kappa shape index (κ3) is 11.3. The van der Waals surface area contributed by atoms with Gasteiger partial charge in [-0.15, -0.1) is 0 Å². The van der Waals surface area contributed by atoms with E-state index in [9.17, 15) is 9.59 Å². The van der Waals surface area contributed by atoms with Gasteiger partial charge in [-0.1, -0.05) is 64.7 Å². The third-order valence-electron chi connectivity index (χ3n) is 3.78. The molecular weight excluding hydrogens is 266 g/mol. The molecule has 0 heterocycles. The molecule has 0 bridgehead atoms. The highest BCUT2D eigenvalue weighted by Gasteiger charge is 2.21. The van der Waals surface area contributed by atoms with Gasteiger partial charge in [0.25, 0.3) is 0 Å². The fourth-order valence-corrected chi connectivity index (χ4v) is 2.26. The molecule has 0 aromatic heterocycles. The van der Waals surface area contributed by atoms with Crippen LogP contribution < -0.4 is 5.32 Å². The van der Waals surface area contributed by atoms with Gasteiger partial charge in [-0.25, -0.2) is 0 Å². The van der Waals surface area contributed by atoms with E-state index < -0.39 is 11.9 Å². The first-order valence-corrected chi connectivity index (χ1v) is 8.49. The Balaban J connectivity index is 3.32. The number of amides is 1. The minimum absolute atomic E-state index is 0.238. The Morgan fingerprint density at radius 2 is 1.38 bits per heavy atom. The van der Waals surface area contributed by atoms with Crippen molar-refractivity contribution in [3.8, 4) is 0 Å². The first-order valence-electron chi connectivity index (χ1n) is 8.49. The molecule has 0 aliphatic carbocycles. The second kappa shape index (κ2) is 13.9. The molecule has 0 radical (unpaired) electrons. The van der Waals surface area contributed by atoms with Gasteiger partial charge in [-0.05, 0) is 13.3 Å². The van der Waals surface area contributed by atoms with E-state index in [2.05, 4.69) is 17.0 Å².